The minimum Gasteiger partial charge on any atom is -0.467 e. The molecular formula is C15H12ClNO3. The largest absolute Gasteiger partial charge is 0.467 e. The number of rotatable bonds is 3. The van der Waals surface area contributed by atoms with E-state index in [-0.39, 0.29) is 17.7 Å². The van der Waals surface area contributed by atoms with Gasteiger partial charge in [0.2, 0.25) is 0 Å². The van der Waals surface area contributed by atoms with Gasteiger partial charge in [0.05, 0.1) is 12.3 Å². The third-order valence-electron chi connectivity index (χ3n) is 3.02. The van der Waals surface area contributed by atoms with E-state index < -0.39 is 0 Å². The standard InChI is InChI=1S/C15H12ClNO3/c1-9(12-3-2-6-19-12)17-15(18)14-8-10-7-11(16)4-5-13(10)20-14/h2-9H,1H3,(H,17,18)/t9-/m0/s1. The first kappa shape index (κ1) is 12.8. The minimum atomic E-state index is -0.291. The lowest BCUT2D eigenvalue weighted by Crippen LogP contribution is -2.25. The molecule has 2 heterocycles. The topological polar surface area (TPSA) is 55.4 Å². The average Bonchev–Trinajstić information content (AvgIpc) is 3.07. The Kier molecular flexibility index (Phi) is 3.24. The van der Waals surface area contributed by atoms with Gasteiger partial charge in [-0.1, -0.05) is 11.6 Å². The first-order valence-corrected chi connectivity index (χ1v) is 6.54. The van der Waals surface area contributed by atoms with Crippen LogP contribution >= 0.6 is 11.6 Å². The van der Waals surface area contributed by atoms with Crippen LogP contribution in [-0.4, -0.2) is 5.91 Å². The van der Waals surface area contributed by atoms with Crippen LogP contribution in [0.5, 0.6) is 0 Å². The number of carbonyl (C=O) groups excluding carboxylic acids is 1. The summed E-state index contributed by atoms with van der Waals surface area (Å²) in [5.74, 6) is 0.652. The normalized spacial score (nSPS) is 12.5. The molecule has 5 heteroatoms. The molecule has 1 amide bonds. The number of fused-ring (bicyclic) bond motifs is 1. The third kappa shape index (κ3) is 2.42. The van der Waals surface area contributed by atoms with Crippen LogP contribution in [0.15, 0.2) is 51.5 Å². The van der Waals surface area contributed by atoms with Crippen molar-refractivity contribution in [3.63, 3.8) is 0 Å². The van der Waals surface area contributed by atoms with Crippen molar-refractivity contribution in [3.05, 3.63) is 59.2 Å². The molecule has 0 spiro atoms. The van der Waals surface area contributed by atoms with Crippen LogP contribution in [0.4, 0.5) is 0 Å². The number of hydrogen-bond donors (Lipinski definition) is 1. The summed E-state index contributed by atoms with van der Waals surface area (Å²) in [5.41, 5.74) is 0.630. The van der Waals surface area contributed by atoms with Crippen molar-refractivity contribution in [1.29, 1.82) is 0 Å². The summed E-state index contributed by atoms with van der Waals surface area (Å²) < 4.78 is 10.7. The average molecular weight is 290 g/mol. The molecule has 0 saturated heterocycles. The van der Waals surface area contributed by atoms with E-state index in [1.54, 1.807) is 36.6 Å². The van der Waals surface area contributed by atoms with Crippen molar-refractivity contribution < 1.29 is 13.6 Å². The Labute approximate surface area is 120 Å². The van der Waals surface area contributed by atoms with Crippen molar-refractivity contribution in [3.8, 4) is 0 Å². The molecule has 0 radical (unpaired) electrons. The zero-order valence-corrected chi connectivity index (χ0v) is 11.5. The molecule has 1 atom stereocenters. The maximum absolute atomic E-state index is 12.1. The second-order valence-corrected chi connectivity index (χ2v) is 4.94. The molecule has 0 saturated carbocycles. The van der Waals surface area contributed by atoms with Crippen molar-refractivity contribution in [1.82, 2.24) is 5.32 Å². The molecular weight excluding hydrogens is 278 g/mol. The minimum absolute atomic E-state index is 0.227. The van der Waals surface area contributed by atoms with Gasteiger partial charge in [0.15, 0.2) is 5.76 Å². The van der Waals surface area contributed by atoms with Gasteiger partial charge in [-0.15, -0.1) is 0 Å². The predicted molar refractivity (Wildman–Crippen MR) is 75.8 cm³/mol. The van der Waals surface area contributed by atoms with E-state index in [0.29, 0.717) is 16.4 Å². The van der Waals surface area contributed by atoms with E-state index in [0.717, 1.165) is 5.39 Å². The Bertz CT molecular complexity index is 746. The molecule has 1 N–H and O–H groups in total. The molecule has 3 aromatic rings. The van der Waals surface area contributed by atoms with E-state index >= 15 is 0 Å². The summed E-state index contributed by atoms with van der Waals surface area (Å²) in [7, 11) is 0. The smallest absolute Gasteiger partial charge is 0.287 e. The molecule has 2 aromatic heterocycles. The van der Waals surface area contributed by atoms with Crippen LogP contribution < -0.4 is 5.32 Å². The van der Waals surface area contributed by atoms with Gasteiger partial charge in [-0.2, -0.15) is 0 Å². The quantitative estimate of drug-likeness (QED) is 0.787. The zero-order valence-electron chi connectivity index (χ0n) is 10.7. The monoisotopic (exact) mass is 289 g/mol. The molecule has 3 rings (SSSR count). The molecule has 0 aliphatic heterocycles. The second-order valence-electron chi connectivity index (χ2n) is 4.50. The highest BCUT2D eigenvalue weighted by molar-refractivity contribution is 6.31. The van der Waals surface area contributed by atoms with Gasteiger partial charge < -0.3 is 14.2 Å². The van der Waals surface area contributed by atoms with Gasteiger partial charge in [-0.25, -0.2) is 0 Å². The fraction of sp³-hybridized carbons (Fsp3) is 0.133. The Morgan fingerprint density at radius 3 is 2.90 bits per heavy atom. The first-order chi connectivity index (χ1) is 9.63. The van der Waals surface area contributed by atoms with Crippen LogP contribution in [0.1, 0.15) is 29.3 Å². The summed E-state index contributed by atoms with van der Waals surface area (Å²) in [6, 6.07) is 10.3. The molecule has 4 nitrogen and oxygen atoms in total. The maximum Gasteiger partial charge on any atom is 0.287 e. The highest BCUT2D eigenvalue weighted by atomic mass is 35.5. The summed E-state index contributed by atoms with van der Waals surface area (Å²) >= 11 is 5.90. The highest BCUT2D eigenvalue weighted by Gasteiger charge is 2.17. The van der Waals surface area contributed by atoms with E-state index in [4.69, 9.17) is 20.4 Å². The Morgan fingerprint density at radius 2 is 2.15 bits per heavy atom. The van der Waals surface area contributed by atoms with Crippen LogP contribution in [-0.2, 0) is 0 Å². The molecule has 0 unspecified atom stereocenters. The summed E-state index contributed by atoms with van der Waals surface area (Å²) in [6.07, 6.45) is 1.57. The Hall–Kier alpha value is -2.20. The number of amides is 1. The number of nitrogens with one attached hydrogen (secondary N) is 1. The van der Waals surface area contributed by atoms with Gasteiger partial charge in [0.25, 0.3) is 5.91 Å². The Balaban J connectivity index is 1.82. The van der Waals surface area contributed by atoms with Gasteiger partial charge in [0, 0.05) is 10.4 Å². The molecule has 1 aromatic carbocycles. The zero-order chi connectivity index (χ0) is 14.1. The summed E-state index contributed by atoms with van der Waals surface area (Å²) in [5, 5.41) is 4.22. The molecule has 0 fully saturated rings. The van der Waals surface area contributed by atoms with E-state index in [2.05, 4.69) is 5.32 Å². The van der Waals surface area contributed by atoms with Crippen molar-refractivity contribution in [2.75, 3.05) is 0 Å². The number of carbonyl (C=O) groups is 1. The van der Waals surface area contributed by atoms with Crippen LogP contribution in [0.3, 0.4) is 0 Å². The molecule has 20 heavy (non-hydrogen) atoms. The first-order valence-electron chi connectivity index (χ1n) is 6.17. The SMILES string of the molecule is C[C@H](NC(=O)c1cc2cc(Cl)ccc2o1)c1ccco1. The molecule has 0 bridgehead atoms. The van der Waals surface area contributed by atoms with E-state index in [9.17, 15) is 4.79 Å². The van der Waals surface area contributed by atoms with Crippen molar-refractivity contribution in [2.24, 2.45) is 0 Å². The lowest BCUT2D eigenvalue weighted by Gasteiger charge is -2.09. The molecule has 0 aliphatic rings. The maximum atomic E-state index is 12.1. The number of benzene rings is 1. The van der Waals surface area contributed by atoms with Crippen LogP contribution in [0, 0.1) is 0 Å². The summed E-state index contributed by atoms with van der Waals surface area (Å²) in [6.45, 7) is 1.84. The van der Waals surface area contributed by atoms with E-state index in [1.165, 1.54) is 0 Å². The molecule has 102 valence electrons. The lowest BCUT2D eigenvalue weighted by molar-refractivity contribution is 0.0909. The molecule has 0 aliphatic carbocycles. The van der Waals surface area contributed by atoms with Crippen molar-refractivity contribution in [2.45, 2.75) is 13.0 Å². The van der Waals surface area contributed by atoms with Gasteiger partial charge >= 0.3 is 0 Å². The predicted octanol–water partition coefficient (Wildman–Crippen LogP) is 4.17. The Morgan fingerprint density at radius 1 is 1.30 bits per heavy atom. The third-order valence-corrected chi connectivity index (χ3v) is 3.25. The van der Waals surface area contributed by atoms with Crippen molar-refractivity contribution >= 4 is 28.5 Å². The van der Waals surface area contributed by atoms with Crippen LogP contribution in [0.25, 0.3) is 11.0 Å². The highest BCUT2D eigenvalue weighted by Crippen LogP contribution is 2.23. The number of furan rings is 2. The van der Waals surface area contributed by atoms with Crippen LogP contribution in [0.2, 0.25) is 5.02 Å². The van der Waals surface area contributed by atoms with Gasteiger partial charge in [0.1, 0.15) is 11.3 Å². The second kappa shape index (κ2) is 5.06. The van der Waals surface area contributed by atoms with Gasteiger partial charge in [-0.05, 0) is 43.3 Å². The fourth-order valence-electron chi connectivity index (χ4n) is 2.00. The van der Waals surface area contributed by atoms with Gasteiger partial charge in [-0.3, -0.25) is 4.79 Å². The number of hydrogen-bond acceptors (Lipinski definition) is 3. The van der Waals surface area contributed by atoms with E-state index in [1.807, 2.05) is 13.0 Å². The lowest BCUT2D eigenvalue weighted by atomic mass is 10.2. The fourth-order valence-corrected chi connectivity index (χ4v) is 2.18. The number of halogens is 1. The summed E-state index contributed by atoms with van der Waals surface area (Å²) in [4.78, 5) is 12.1.